The van der Waals surface area contributed by atoms with Crippen molar-refractivity contribution >= 4 is 14.3 Å². The third-order valence-electron chi connectivity index (χ3n) is 1.34. The van der Waals surface area contributed by atoms with Crippen molar-refractivity contribution in [3.63, 3.8) is 0 Å². The molecular formula is C13H29GeO3Zr-. The van der Waals surface area contributed by atoms with Gasteiger partial charge in [-0.1, -0.05) is 0 Å². The predicted octanol–water partition coefficient (Wildman–Crippen LogP) is 1.70. The molecule has 3 N–H and O–H groups in total. The topological polar surface area (TPSA) is 60.7 Å². The van der Waals surface area contributed by atoms with Crippen LogP contribution in [0, 0.1) is 6.08 Å². The van der Waals surface area contributed by atoms with Gasteiger partial charge in [-0.2, -0.15) is 0 Å². The van der Waals surface area contributed by atoms with E-state index in [2.05, 4.69) is 29.7 Å². The van der Waals surface area contributed by atoms with Crippen molar-refractivity contribution in [2.45, 2.75) is 38.7 Å². The van der Waals surface area contributed by atoms with Gasteiger partial charge in [0, 0.05) is 46.0 Å². The largest absolute Gasteiger partial charge is 0 e. The molecule has 18 heavy (non-hydrogen) atoms. The van der Waals surface area contributed by atoms with Crippen LogP contribution in [-0.4, -0.2) is 49.5 Å². The standard InChI is InChI=1S/C7H11Ge.3C2H6O.Zr/c1-8(2)7-5-3-4-6-7;3*1-2-3;/h3,5,8H,4H2,1-2H3;3*3H,2H2,1H3;/q-1;;;;. The molecule has 0 aromatic carbocycles. The summed E-state index contributed by atoms with van der Waals surface area (Å²) in [4.78, 5) is 0. The molecule has 1 aliphatic rings. The minimum Gasteiger partial charge on any atom is 0 e. The van der Waals surface area contributed by atoms with Crippen LogP contribution in [0.3, 0.4) is 0 Å². The Morgan fingerprint density at radius 3 is 1.50 bits per heavy atom. The number of hydrogen-bond acceptors (Lipinski definition) is 3. The van der Waals surface area contributed by atoms with E-state index in [1.54, 1.807) is 25.2 Å². The van der Waals surface area contributed by atoms with E-state index in [9.17, 15) is 0 Å². The Balaban J connectivity index is -0.0000000840. The van der Waals surface area contributed by atoms with Gasteiger partial charge in [0.2, 0.25) is 0 Å². The van der Waals surface area contributed by atoms with Crippen LogP contribution in [0.2, 0.25) is 11.5 Å². The second-order valence-corrected chi connectivity index (χ2v) is 9.49. The number of rotatable bonds is 1. The fourth-order valence-corrected chi connectivity index (χ4v) is 3.02. The minimum absolute atomic E-state index is 0. The van der Waals surface area contributed by atoms with Crippen molar-refractivity contribution in [2.75, 3.05) is 19.8 Å². The van der Waals surface area contributed by atoms with Gasteiger partial charge in [-0.05, 0) is 20.8 Å². The summed E-state index contributed by atoms with van der Waals surface area (Å²) in [5, 5.41) is 22.7. The molecule has 0 atom stereocenters. The van der Waals surface area contributed by atoms with Crippen LogP contribution in [0.5, 0.6) is 0 Å². The smallest absolute Gasteiger partial charge is 0 e. The van der Waals surface area contributed by atoms with Crippen molar-refractivity contribution < 1.29 is 41.5 Å². The van der Waals surface area contributed by atoms with Crippen LogP contribution in [0.25, 0.3) is 0 Å². The van der Waals surface area contributed by atoms with Gasteiger partial charge in [0.05, 0.1) is 0 Å². The molecule has 0 saturated carbocycles. The summed E-state index contributed by atoms with van der Waals surface area (Å²) >= 11 is -0.912. The number of hydrogen-bond donors (Lipinski definition) is 3. The Morgan fingerprint density at radius 1 is 1.06 bits per heavy atom. The monoisotopic (exact) mass is 397 g/mol. The molecule has 0 aromatic rings. The maximum atomic E-state index is 7.57. The summed E-state index contributed by atoms with van der Waals surface area (Å²) in [5.41, 5.74) is 0. The molecule has 0 radical (unpaired) electrons. The third kappa shape index (κ3) is 30.1. The zero-order valence-electron chi connectivity index (χ0n) is 12.4. The zero-order valence-corrected chi connectivity index (χ0v) is 17.3. The van der Waals surface area contributed by atoms with E-state index in [-0.39, 0.29) is 46.0 Å². The van der Waals surface area contributed by atoms with E-state index in [4.69, 9.17) is 15.3 Å². The molecule has 5 heteroatoms. The van der Waals surface area contributed by atoms with Crippen LogP contribution in [0.1, 0.15) is 27.2 Å². The Kier molecular flexibility index (Phi) is 39.8. The van der Waals surface area contributed by atoms with Gasteiger partial charge >= 0.3 is 54.9 Å². The van der Waals surface area contributed by atoms with Crippen molar-refractivity contribution in [1.82, 2.24) is 0 Å². The van der Waals surface area contributed by atoms with Gasteiger partial charge in [-0.25, -0.2) is 0 Å². The molecule has 3 nitrogen and oxygen atoms in total. The van der Waals surface area contributed by atoms with Crippen LogP contribution in [0.15, 0.2) is 16.6 Å². The van der Waals surface area contributed by atoms with Crippen molar-refractivity contribution in [1.29, 1.82) is 0 Å². The molecule has 0 aromatic heterocycles. The molecule has 0 heterocycles. The molecule has 0 saturated heterocycles. The van der Waals surface area contributed by atoms with Crippen LogP contribution >= 0.6 is 0 Å². The minimum atomic E-state index is -0.912. The average Bonchev–Trinajstić information content (AvgIpc) is 2.73. The van der Waals surface area contributed by atoms with E-state index >= 15 is 0 Å². The Morgan fingerprint density at radius 2 is 1.39 bits per heavy atom. The first-order valence-corrected chi connectivity index (χ1v) is 12.2. The fourth-order valence-electron chi connectivity index (χ4n) is 0.818. The molecule has 0 unspecified atom stereocenters. The zero-order chi connectivity index (χ0) is 14.1. The molecule has 108 valence electrons. The van der Waals surface area contributed by atoms with E-state index < -0.39 is 14.3 Å². The Hall–Kier alpha value is 0.786. The quantitative estimate of drug-likeness (QED) is 0.467. The molecular weight excluding hydrogens is 368 g/mol. The summed E-state index contributed by atoms with van der Waals surface area (Å²) in [5.74, 6) is 4.76. The first-order chi connectivity index (χ1) is 8.05. The molecule has 1 rings (SSSR count). The molecule has 0 spiro atoms. The van der Waals surface area contributed by atoms with Crippen LogP contribution in [-0.2, 0) is 26.2 Å². The molecule has 0 amide bonds. The summed E-state index contributed by atoms with van der Waals surface area (Å²) in [6, 6.07) is 0. The van der Waals surface area contributed by atoms with E-state index in [1.807, 2.05) is 0 Å². The van der Waals surface area contributed by atoms with Crippen molar-refractivity contribution in [3.8, 4) is 0 Å². The van der Waals surface area contributed by atoms with Gasteiger partial charge in [0.15, 0.2) is 0 Å². The normalized spacial score (nSPS) is 10.8. The van der Waals surface area contributed by atoms with E-state index in [1.165, 1.54) is 0 Å². The Bertz CT molecular complexity index is 178. The first kappa shape index (κ1) is 27.2. The average molecular weight is 397 g/mol. The van der Waals surface area contributed by atoms with Gasteiger partial charge in [0.1, 0.15) is 0 Å². The maximum absolute atomic E-state index is 7.57. The SMILES string of the molecule is CCO.CCO.CCO.[CH3][GeH]([CH3])[C]1=[C-]CC=C1.[Zr]. The molecule has 0 aliphatic heterocycles. The first-order valence-electron chi connectivity index (χ1n) is 6.15. The maximum Gasteiger partial charge on any atom is 0 e. The van der Waals surface area contributed by atoms with Gasteiger partial charge in [-0.15, -0.1) is 0 Å². The molecule has 1 aliphatic carbocycles. The van der Waals surface area contributed by atoms with Crippen molar-refractivity contribution in [2.24, 2.45) is 0 Å². The van der Waals surface area contributed by atoms with Gasteiger partial charge in [-0.3, -0.25) is 0 Å². The fraction of sp³-hybridized carbons (Fsp3) is 0.692. The number of allylic oxidation sites excluding steroid dienone is 4. The predicted molar refractivity (Wildman–Crippen MR) is 77.7 cm³/mol. The number of aliphatic hydroxyl groups is 3. The van der Waals surface area contributed by atoms with E-state index in [0.717, 1.165) is 6.42 Å². The van der Waals surface area contributed by atoms with E-state index in [0.29, 0.717) is 0 Å². The van der Waals surface area contributed by atoms with Crippen LogP contribution in [0.4, 0.5) is 0 Å². The molecule has 0 fully saturated rings. The molecule has 0 bridgehead atoms. The van der Waals surface area contributed by atoms with Gasteiger partial charge < -0.3 is 15.3 Å². The van der Waals surface area contributed by atoms with Crippen molar-refractivity contribution in [3.05, 3.63) is 22.6 Å². The number of aliphatic hydroxyl groups excluding tert-OH is 3. The second kappa shape index (κ2) is 26.4. The third-order valence-corrected chi connectivity index (χ3v) is 4.79. The summed E-state index contributed by atoms with van der Waals surface area (Å²) in [7, 11) is 0. The Labute approximate surface area is 136 Å². The van der Waals surface area contributed by atoms with Gasteiger partial charge in [0.25, 0.3) is 0 Å². The second-order valence-electron chi connectivity index (χ2n) is 3.34. The summed E-state index contributed by atoms with van der Waals surface area (Å²) < 4.78 is 1.55. The summed E-state index contributed by atoms with van der Waals surface area (Å²) in [6.45, 7) is 5.79. The van der Waals surface area contributed by atoms with Crippen LogP contribution < -0.4 is 0 Å². The summed E-state index contributed by atoms with van der Waals surface area (Å²) in [6.07, 6.45) is 8.85.